The maximum absolute atomic E-state index is 13.5. The molecule has 1 amide bonds. The van der Waals surface area contributed by atoms with Crippen LogP contribution < -0.4 is 9.80 Å². The number of piperidine rings is 1. The second-order valence-corrected chi connectivity index (χ2v) is 9.12. The van der Waals surface area contributed by atoms with Crippen LogP contribution in [0.15, 0.2) is 54.6 Å². The van der Waals surface area contributed by atoms with E-state index in [9.17, 15) is 4.79 Å². The summed E-state index contributed by atoms with van der Waals surface area (Å²) in [6.45, 7) is 4.81. The van der Waals surface area contributed by atoms with Gasteiger partial charge in [-0.25, -0.2) is 4.98 Å². The van der Waals surface area contributed by atoms with Gasteiger partial charge in [0.1, 0.15) is 5.82 Å². The van der Waals surface area contributed by atoms with E-state index in [-0.39, 0.29) is 5.91 Å². The number of carbonyl (C=O) groups excluding carboxylic acids is 1. The molecule has 2 saturated heterocycles. The molecular formula is C27H32N4O. The minimum atomic E-state index is 0.0326. The lowest BCUT2D eigenvalue weighted by molar-refractivity contribution is 0.0785. The van der Waals surface area contributed by atoms with Crippen LogP contribution in [-0.4, -0.2) is 49.0 Å². The van der Waals surface area contributed by atoms with Gasteiger partial charge < -0.3 is 14.7 Å². The average molecular weight is 429 g/mol. The van der Waals surface area contributed by atoms with Crippen molar-refractivity contribution in [3.63, 3.8) is 0 Å². The Bertz CT molecular complexity index is 1080. The second kappa shape index (κ2) is 9.19. The Morgan fingerprint density at radius 2 is 1.53 bits per heavy atom. The molecule has 0 unspecified atom stereocenters. The number of pyridine rings is 1. The Kier molecular flexibility index (Phi) is 5.97. The summed E-state index contributed by atoms with van der Waals surface area (Å²) in [4.78, 5) is 25.0. The highest BCUT2D eigenvalue weighted by atomic mass is 16.2. The van der Waals surface area contributed by atoms with Crippen molar-refractivity contribution in [1.29, 1.82) is 0 Å². The van der Waals surface area contributed by atoms with Crippen molar-refractivity contribution in [2.75, 3.05) is 43.0 Å². The van der Waals surface area contributed by atoms with Crippen LogP contribution in [-0.2, 0) is 6.54 Å². The average Bonchev–Trinajstić information content (AvgIpc) is 3.39. The van der Waals surface area contributed by atoms with Crippen LogP contribution in [0.25, 0.3) is 10.9 Å². The number of amides is 1. The Balaban J connectivity index is 1.36. The van der Waals surface area contributed by atoms with E-state index in [0.29, 0.717) is 12.1 Å². The van der Waals surface area contributed by atoms with Crippen molar-refractivity contribution >= 4 is 28.3 Å². The van der Waals surface area contributed by atoms with Crippen LogP contribution in [0.3, 0.4) is 0 Å². The monoisotopic (exact) mass is 428 g/mol. The van der Waals surface area contributed by atoms with Gasteiger partial charge in [-0.3, -0.25) is 4.79 Å². The lowest BCUT2D eigenvalue weighted by Gasteiger charge is -2.29. The van der Waals surface area contributed by atoms with E-state index in [4.69, 9.17) is 4.98 Å². The highest BCUT2D eigenvalue weighted by Crippen LogP contribution is 2.28. The zero-order valence-electron chi connectivity index (χ0n) is 19.0. The van der Waals surface area contributed by atoms with Crippen molar-refractivity contribution < 1.29 is 4.79 Å². The second-order valence-electron chi connectivity index (χ2n) is 9.12. The zero-order chi connectivity index (χ0) is 21.9. The Morgan fingerprint density at radius 1 is 0.875 bits per heavy atom. The summed E-state index contributed by atoms with van der Waals surface area (Å²) in [6, 6.07) is 18.8. The number of para-hydroxylation sites is 1. The van der Waals surface area contributed by atoms with E-state index >= 15 is 0 Å². The Morgan fingerprint density at radius 3 is 2.28 bits per heavy atom. The summed E-state index contributed by atoms with van der Waals surface area (Å²) < 4.78 is 0. The molecule has 0 atom stereocenters. The number of anilines is 2. The van der Waals surface area contributed by atoms with Gasteiger partial charge >= 0.3 is 0 Å². The predicted octanol–water partition coefficient (Wildman–Crippen LogP) is 5.10. The number of aromatic nitrogens is 1. The van der Waals surface area contributed by atoms with Crippen molar-refractivity contribution in [2.45, 2.75) is 38.6 Å². The molecule has 166 valence electrons. The van der Waals surface area contributed by atoms with Crippen molar-refractivity contribution in [3.05, 3.63) is 65.7 Å². The number of nitrogens with zero attached hydrogens (tertiary/aromatic N) is 4. The van der Waals surface area contributed by atoms with Crippen LogP contribution >= 0.6 is 0 Å². The molecule has 5 nitrogen and oxygen atoms in total. The molecule has 0 radical (unpaired) electrons. The quantitative estimate of drug-likeness (QED) is 0.567. The number of fused-ring (bicyclic) bond motifs is 1. The molecule has 2 aliphatic rings. The van der Waals surface area contributed by atoms with E-state index in [1.807, 2.05) is 42.3 Å². The number of carbonyl (C=O) groups is 1. The molecule has 3 aromatic rings. The van der Waals surface area contributed by atoms with E-state index in [1.54, 1.807) is 0 Å². The Labute approximate surface area is 190 Å². The molecule has 2 aliphatic heterocycles. The number of hydrogen-bond donors (Lipinski definition) is 0. The molecular weight excluding hydrogens is 396 g/mol. The molecule has 0 N–H and O–H groups in total. The van der Waals surface area contributed by atoms with E-state index in [0.717, 1.165) is 61.3 Å². The highest BCUT2D eigenvalue weighted by molar-refractivity contribution is 6.02. The molecule has 2 aromatic carbocycles. The van der Waals surface area contributed by atoms with Gasteiger partial charge in [0.05, 0.1) is 11.1 Å². The number of benzene rings is 2. The smallest absolute Gasteiger partial charge is 0.257 e. The first-order valence-corrected chi connectivity index (χ1v) is 11.9. The first-order chi connectivity index (χ1) is 15.7. The normalized spacial score (nSPS) is 16.5. The van der Waals surface area contributed by atoms with Gasteiger partial charge in [0.2, 0.25) is 0 Å². The van der Waals surface area contributed by atoms with Gasteiger partial charge in [0.25, 0.3) is 5.91 Å². The predicted molar refractivity (Wildman–Crippen MR) is 131 cm³/mol. The molecule has 1 aromatic heterocycles. The van der Waals surface area contributed by atoms with Crippen LogP contribution in [0.5, 0.6) is 0 Å². The van der Waals surface area contributed by atoms with E-state index in [2.05, 4.69) is 34.1 Å². The Hall–Kier alpha value is -3.08. The maximum atomic E-state index is 13.5. The molecule has 0 saturated carbocycles. The van der Waals surface area contributed by atoms with Gasteiger partial charge in [0, 0.05) is 50.8 Å². The molecule has 0 aliphatic carbocycles. The molecule has 5 heteroatoms. The lowest BCUT2D eigenvalue weighted by atomic mass is 10.1. The molecule has 3 heterocycles. The van der Waals surface area contributed by atoms with Crippen LogP contribution in [0.4, 0.5) is 11.5 Å². The third kappa shape index (κ3) is 4.29. The van der Waals surface area contributed by atoms with Crippen LogP contribution in [0, 0.1) is 0 Å². The zero-order valence-corrected chi connectivity index (χ0v) is 19.0. The van der Waals surface area contributed by atoms with Gasteiger partial charge in [-0.1, -0.05) is 30.3 Å². The first-order valence-electron chi connectivity index (χ1n) is 11.9. The van der Waals surface area contributed by atoms with E-state index < -0.39 is 0 Å². The number of rotatable bonds is 5. The van der Waals surface area contributed by atoms with Crippen LogP contribution in [0.2, 0.25) is 0 Å². The lowest BCUT2D eigenvalue weighted by Crippen LogP contribution is -2.30. The maximum Gasteiger partial charge on any atom is 0.257 e. The summed E-state index contributed by atoms with van der Waals surface area (Å²) in [5.41, 5.74) is 4.09. The van der Waals surface area contributed by atoms with E-state index in [1.165, 1.54) is 24.9 Å². The standard InChI is InChI=1S/C27H32N4O/c1-29(20-21-11-13-23(14-12-21)30-15-5-2-6-16-30)27(32)24-19-22-9-3-4-10-25(22)28-26(24)31-17-7-8-18-31/h3-4,9-14,19H,2,5-8,15-18,20H2,1H3. The van der Waals surface area contributed by atoms with Gasteiger partial charge in [-0.2, -0.15) is 0 Å². The van der Waals surface area contributed by atoms with Gasteiger partial charge in [-0.15, -0.1) is 0 Å². The van der Waals surface area contributed by atoms with Crippen LogP contribution in [0.1, 0.15) is 48.0 Å². The molecule has 32 heavy (non-hydrogen) atoms. The summed E-state index contributed by atoms with van der Waals surface area (Å²) >= 11 is 0. The minimum Gasteiger partial charge on any atom is -0.372 e. The summed E-state index contributed by atoms with van der Waals surface area (Å²) in [7, 11) is 1.89. The van der Waals surface area contributed by atoms with Gasteiger partial charge in [-0.05, 0) is 61.9 Å². The highest BCUT2D eigenvalue weighted by Gasteiger charge is 2.24. The van der Waals surface area contributed by atoms with Crippen molar-refractivity contribution in [3.8, 4) is 0 Å². The first kappa shape index (κ1) is 20.8. The molecule has 0 bridgehead atoms. The third-order valence-corrected chi connectivity index (χ3v) is 6.76. The molecule has 2 fully saturated rings. The van der Waals surface area contributed by atoms with Crippen molar-refractivity contribution in [1.82, 2.24) is 9.88 Å². The summed E-state index contributed by atoms with van der Waals surface area (Å²) in [5.74, 6) is 0.865. The fourth-order valence-corrected chi connectivity index (χ4v) is 4.95. The molecule has 0 spiro atoms. The fraction of sp³-hybridized carbons (Fsp3) is 0.407. The number of hydrogen-bond acceptors (Lipinski definition) is 4. The fourth-order valence-electron chi connectivity index (χ4n) is 4.95. The summed E-state index contributed by atoms with van der Waals surface area (Å²) in [6.07, 6.45) is 6.20. The van der Waals surface area contributed by atoms with Crippen molar-refractivity contribution in [2.24, 2.45) is 0 Å². The molecule has 5 rings (SSSR count). The van der Waals surface area contributed by atoms with Gasteiger partial charge in [0.15, 0.2) is 0 Å². The topological polar surface area (TPSA) is 39.7 Å². The SMILES string of the molecule is CN(Cc1ccc(N2CCCCC2)cc1)C(=O)c1cc2ccccc2nc1N1CCCC1. The summed E-state index contributed by atoms with van der Waals surface area (Å²) in [5, 5.41) is 1.01. The minimum absolute atomic E-state index is 0.0326. The largest absolute Gasteiger partial charge is 0.372 e. The third-order valence-electron chi connectivity index (χ3n) is 6.76.